The minimum absolute atomic E-state index is 0.0577. The van der Waals surface area contributed by atoms with Gasteiger partial charge in [-0.1, -0.05) is 46.8 Å². The predicted octanol–water partition coefficient (Wildman–Crippen LogP) is 0.996. The van der Waals surface area contributed by atoms with Gasteiger partial charge in [0.05, 0.1) is 29.8 Å². The van der Waals surface area contributed by atoms with E-state index in [9.17, 15) is 65.8 Å². The third-order valence-corrected chi connectivity index (χ3v) is 21.7. The predicted molar refractivity (Wildman–Crippen MR) is 259 cm³/mol. The van der Waals surface area contributed by atoms with Crippen molar-refractivity contribution in [1.29, 1.82) is 0 Å². The van der Waals surface area contributed by atoms with Crippen molar-refractivity contribution in [2.45, 2.75) is 255 Å². The Morgan fingerprint density at radius 2 is 1.05 bits per heavy atom. The number of aliphatic carboxylic acids is 1. The largest absolute Gasteiger partial charge is 0.479 e. The molecule has 9 aliphatic rings. The van der Waals surface area contributed by atoms with Crippen molar-refractivity contribution in [3.05, 3.63) is 12.2 Å². The van der Waals surface area contributed by atoms with E-state index in [0.29, 0.717) is 25.7 Å². The minimum atomic E-state index is -2.04. The van der Waals surface area contributed by atoms with Crippen molar-refractivity contribution in [2.24, 2.45) is 56.7 Å². The average Bonchev–Trinajstić information content (AvgIpc) is 3.76. The quantitative estimate of drug-likeness (QED) is 0.0826. The molecule has 5 aliphatic carbocycles. The lowest BCUT2D eigenvalue weighted by atomic mass is 9.32. The standard InChI is InChI=1S/C54H86O21/c1-21(2)25-13-18-54(49(67)75-47-39(63)36(60)33(57)24(5)70-47)20-19-52(9)26(30(25)54)11-12-28-51(8)16-15-29(50(6,7)27(51)14-17-53(28,52)10)71-48-43(74-46-38(62)35(59)32(56)23(4)69-46)41(40(64)42(73-48)44(65)66)72-45-37(61)34(58)31(55)22(3)68-45/h22-43,45-48,55-64H,1,11-20H2,2-10H3,(H,65,66). The molecule has 75 heavy (non-hydrogen) atoms. The molecule has 11 N–H and O–H groups in total. The highest BCUT2D eigenvalue weighted by atomic mass is 16.8. The first kappa shape index (κ1) is 57.7. The number of rotatable bonds is 10. The average molecular weight is 1070 g/mol. The van der Waals surface area contributed by atoms with Crippen molar-refractivity contribution in [3.63, 3.8) is 0 Å². The van der Waals surface area contributed by atoms with Crippen LogP contribution < -0.4 is 0 Å². The fraction of sp³-hybridized carbons (Fsp3) is 0.926. The molecular weight excluding hydrogens is 985 g/mol. The molecule has 0 amide bonds. The highest BCUT2D eigenvalue weighted by Gasteiger charge is 2.73. The number of ether oxygens (including phenoxy) is 8. The Balaban J connectivity index is 0.986. The zero-order valence-electron chi connectivity index (χ0n) is 44.8. The number of aliphatic hydroxyl groups excluding tert-OH is 10. The van der Waals surface area contributed by atoms with E-state index >= 15 is 0 Å². The van der Waals surface area contributed by atoms with Gasteiger partial charge in [-0.2, -0.15) is 0 Å². The van der Waals surface area contributed by atoms with Gasteiger partial charge in [0.15, 0.2) is 25.0 Å². The van der Waals surface area contributed by atoms with E-state index in [1.54, 1.807) is 6.92 Å². The Morgan fingerprint density at radius 1 is 0.520 bits per heavy atom. The van der Waals surface area contributed by atoms with Gasteiger partial charge in [-0.15, -0.1) is 0 Å². The minimum Gasteiger partial charge on any atom is -0.479 e. The van der Waals surface area contributed by atoms with Gasteiger partial charge in [0.2, 0.25) is 6.29 Å². The number of aliphatic hydroxyl groups is 10. The molecule has 0 bridgehead atoms. The summed E-state index contributed by atoms with van der Waals surface area (Å²) < 4.78 is 48.9. The van der Waals surface area contributed by atoms with Crippen molar-refractivity contribution >= 4 is 11.9 Å². The normalized spacial score (nSPS) is 55.6. The van der Waals surface area contributed by atoms with Crippen LogP contribution in [0.4, 0.5) is 0 Å². The zero-order valence-corrected chi connectivity index (χ0v) is 44.8. The van der Waals surface area contributed by atoms with Gasteiger partial charge in [0.25, 0.3) is 0 Å². The number of carbonyl (C=O) groups is 2. The lowest BCUT2D eigenvalue weighted by molar-refractivity contribution is -0.394. The fourth-order valence-corrected chi connectivity index (χ4v) is 17.2. The summed E-state index contributed by atoms with van der Waals surface area (Å²) in [5.74, 6) is -1.63. The number of carboxylic acids is 1. The second-order valence-electron chi connectivity index (χ2n) is 25.7. The number of esters is 1. The molecular formula is C54H86O21. The molecule has 4 heterocycles. The number of allylic oxidation sites excluding steroid dienone is 1. The Bertz CT molecular complexity index is 2110. The second kappa shape index (κ2) is 20.5. The Hall–Kier alpha value is -2.00. The molecule has 0 radical (unpaired) electrons. The first-order chi connectivity index (χ1) is 35.0. The van der Waals surface area contributed by atoms with Gasteiger partial charge < -0.3 is 94.1 Å². The lowest BCUT2D eigenvalue weighted by Crippen LogP contribution is -2.69. The summed E-state index contributed by atoms with van der Waals surface area (Å²) in [5, 5.41) is 119. The molecule has 21 heteroatoms. The molecule has 428 valence electrons. The van der Waals surface area contributed by atoms with Crippen molar-refractivity contribution < 1.29 is 104 Å². The van der Waals surface area contributed by atoms with Crippen LogP contribution in [-0.2, 0) is 47.5 Å². The Morgan fingerprint density at radius 3 is 1.60 bits per heavy atom. The maximum atomic E-state index is 14.8. The summed E-state index contributed by atoms with van der Waals surface area (Å²) in [4.78, 5) is 27.6. The number of fused-ring (bicyclic) bond motifs is 7. The molecule has 0 aromatic carbocycles. The van der Waals surface area contributed by atoms with E-state index in [4.69, 9.17) is 37.9 Å². The van der Waals surface area contributed by atoms with Gasteiger partial charge in [0, 0.05) is 0 Å². The Labute approximate surface area is 438 Å². The molecule has 0 aromatic rings. The van der Waals surface area contributed by atoms with Crippen LogP contribution in [-0.4, -0.2) is 197 Å². The van der Waals surface area contributed by atoms with Gasteiger partial charge in [0.1, 0.15) is 73.2 Å². The van der Waals surface area contributed by atoms with Crippen LogP contribution in [0.15, 0.2) is 12.2 Å². The van der Waals surface area contributed by atoms with Gasteiger partial charge in [-0.25, -0.2) is 4.79 Å². The number of carboxylic acid groups (broad SMARTS) is 1. The second-order valence-corrected chi connectivity index (χ2v) is 25.7. The topological polar surface area (TPSA) is 331 Å². The van der Waals surface area contributed by atoms with Crippen LogP contribution in [0.25, 0.3) is 0 Å². The van der Waals surface area contributed by atoms with E-state index in [1.165, 1.54) is 13.8 Å². The molecule has 9 fully saturated rings. The van der Waals surface area contributed by atoms with E-state index < -0.39 is 152 Å². The molecule has 9 rings (SSSR count). The van der Waals surface area contributed by atoms with Crippen LogP contribution in [0.5, 0.6) is 0 Å². The zero-order chi connectivity index (χ0) is 55.0. The van der Waals surface area contributed by atoms with Crippen molar-refractivity contribution in [2.75, 3.05) is 0 Å². The molecule has 0 spiro atoms. The van der Waals surface area contributed by atoms with Gasteiger partial charge in [-0.05, 0) is 143 Å². The maximum Gasteiger partial charge on any atom is 0.335 e. The van der Waals surface area contributed by atoms with E-state index in [0.717, 1.165) is 44.1 Å². The van der Waals surface area contributed by atoms with Gasteiger partial charge >= 0.3 is 11.9 Å². The summed E-state index contributed by atoms with van der Waals surface area (Å²) in [5.41, 5.74) is -1.08. The van der Waals surface area contributed by atoms with Crippen molar-refractivity contribution in [3.8, 4) is 0 Å². The molecule has 30 unspecified atom stereocenters. The molecule has 30 atom stereocenters. The van der Waals surface area contributed by atoms with E-state index in [2.05, 4.69) is 41.2 Å². The first-order valence-electron chi connectivity index (χ1n) is 27.4. The monoisotopic (exact) mass is 1070 g/mol. The highest BCUT2D eigenvalue weighted by Crippen LogP contribution is 2.78. The number of hydrogen-bond acceptors (Lipinski definition) is 20. The number of hydrogen-bond donors (Lipinski definition) is 11. The summed E-state index contributed by atoms with van der Waals surface area (Å²) in [7, 11) is 0. The third-order valence-electron chi connectivity index (χ3n) is 21.7. The van der Waals surface area contributed by atoms with E-state index in [-0.39, 0.29) is 45.8 Å². The molecule has 4 saturated heterocycles. The van der Waals surface area contributed by atoms with Crippen LogP contribution in [0.2, 0.25) is 0 Å². The third kappa shape index (κ3) is 9.09. The maximum absolute atomic E-state index is 14.8. The highest BCUT2D eigenvalue weighted by molar-refractivity contribution is 5.78. The molecule has 5 saturated carbocycles. The van der Waals surface area contributed by atoms with Gasteiger partial charge in [-0.3, -0.25) is 4.79 Å². The van der Waals surface area contributed by atoms with Crippen molar-refractivity contribution in [1.82, 2.24) is 0 Å². The number of carbonyl (C=O) groups excluding carboxylic acids is 1. The molecule has 21 nitrogen and oxygen atoms in total. The summed E-state index contributed by atoms with van der Waals surface area (Å²) >= 11 is 0. The van der Waals surface area contributed by atoms with Crippen LogP contribution in [0.3, 0.4) is 0 Å². The smallest absolute Gasteiger partial charge is 0.335 e. The Kier molecular flexibility index (Phi) is 15.8. The fourth-order valence-electron chi connectivity index (χ4n) is 17.2. The first-order valence-corrected chi connectivity index (χ1v) is 27.4. The van der Waals surface area contributed by atoms with Crippen LogP contribution in [0.1, 0.15) is 127 Å². The summed E-state index contributed by atoms with van der Waals surface area (Å²) in [6.45, 7) is 22.4. The lowest BCUT2D eigenvalue weighted by Gasteiger charge is -2.73. The summed E-state index contributed by atoms with van der Waals surface area (Å²) in [6.07, 6.45) is -25.1. The van der Waals surface area contributed by atoms with Crippen LogP contribution >= 0.6 is 0 Å². The SMILES string of the molecule is C=C(C)C1CCC2(C(=O)OC3OC(C)C(O)C(O)C3O)CCC3(C)C(CCC4C5(C)CCC(OC6OC(C(=O)O)C(O)C(OC7OC(C)C(O)C(O)C7O)C6OC6OC(C)C(O)C(O)C6O)C(C)(C)C5CCC43C)C12. The molecule has 0 aromatic heterocycles. The van der Waals surface area contributed by atoms with Crippen LogP contribution in [0, 0.1) is 56.7 Å². The molecule has 4 aliphatic heterocycles. The summed E-state index contributed by atoms with van der Waals surface area (Å²) in [6, 6.07) is 0. The van der Waals surface area contributed by atoms with E-state index in [1.807, 2.05) is 6.92 Å².